The van der Waals surface area contributed by atoms with Gasteiger partial charge in [-0.25, -0.2) is 0 Å². The molecule has 1 rings (SSSR count). The van der Waals surface area contributed by atoms with Crippen LogP contribution in [0.25, 0.3) is 0 Å². The van der Waals surface area contributed by atoms with Crippen molar-refractivity contribution in [1.29, 1.82) is 0 Å². The van der Waals surface area contributed by atoms with Gasteiger partial charge in [-0.05, 0) is 17.7 Å². The zero-order valence-electron chi connectivity index (χ0n) is 8.22. The topological polar surface area (TPSA) is 66.2 Å². The molecule has 6 heteroatoms. The molecule has 0 aliphatic rings. The minimum Gasteiger partial charge on any atom is -0.719 e. The largest absolute Gasteiger partial charge is 2.00 e. The molecule has 78 valence electrons. The number of hydrogen-bond acceptors (Lipinski definition) is 4. The molecule has 0 aliphatic heterocycles. The minimum atomic E-state index is -1.58. The standard InChI is InChI=1S/C8H10S2.CH3NO2.Zn/c9-10-7-6-8-4-2-1-3-5-8;2-1(3)4;/h1-5,9H,6-7H2;2H2,(H,3,4);/q;;+2/p-2. The minimum absolute atomic E-state index is 0. The molecule has 1 aromatic rings. The smallest absolute Gasteiger partial charge is 0.719 e. The van der Waals surface area contributed by atoms with Crippen LogP contribution in [0.15, 0.2) is 30.3 Å². The van der Waals surface area contributed by atoms with E-state index in [2.05, 4.69) is 30.0 Å². The molecule has 2 N–H and O–H groups in total. The molecular weight excluding hydrogens is 284 g/mol. The molecule has 0 unspecified atom stereocenters. The average Bonchev–Trinajstić information content (AvgIpc) is 2.15. The van der Waals surface area contributed by atoms with E-state index >= 15 is 0 Å². The molecular formula is C9H11NO2S2Zn. The molecule has 1 aromatic carbocycles. The van der Waals surface area contributed by atoms with Gasteiger partial charge in [0.15, 0.2) is 0 Å². The van der Waals surface area contributed by atoms with E-state index in [9.17, 15) is 0 Å². The summed E-state index contributed by atoms with van der Waals surface area (Å²) < 4.78 is 0. The first-order chi connectivity index (χ1) is 6.66. The summed E-state index contributed by atoms with van der Waals surface area (Å²) >= 11 is 4.77. The van der Waals surface area contributed by atoms with Crippen molar-refractivity contribution in [3.8, 4) is 0 Å². The van der Waals surface area contributed by atoms with E-state index in [4.69, 9.17) is 21.6 Å². The fourth-order valence-corrected chi connectivity index (χ4v) is 1.37. The van der Waals surface area contributed by atoms with Gasteiger partial charge in [0.2, 0.25) is 0 Å². The van der Waals surface area contributed by atoms with Gasteiger partial charge in [0.05, 0.1) is 0 Å². The molecule has 3 nitrogen and oxygen atoms in total. The van der Waals surface area contributed by atoms with Crippen LogP contribution in [-0.4, -0.2) is 11.8 Å². The maximum atomic E-state index is 8.67. The average molecular weight is 295 g/mol. The summed E-state index contributed by atoms with van der Waals surface area (Å²) in [7, 11) is 1.48. The molecule has 0 spiro atoms. The van der Waals surface area contributed by atoms with Crippen LogP contribution in [0.5, 0.6) is 0 Å². The van der Waals surface area contributed by atoms with Crippen LogP contribution < -0.4 is 10.8 Å². The molecule has 0 heterocycles. The summed E-state index contributed by atoms with van der Waals surface area (Å²) in [6, 6.07) is 10.4. The SMILES string of the molecule is NC(=O)[O-].[S-]SCCc1ccccc1.[Zn+2]. The Morgan fingerprint density at radius 1 is 1.40 bits per heavy atom. The van der Waals surface area contributed by atoms with Gasteiger partial charge in [-0.2, -0.15) is 0 Å². The van der Waals surface area contributed by atoms with Crippen LogP contribution in [0.3, 0.4) is 0 Å². The molecule has 0 saturated carbocycles. The Hall–Kier alpha value is -0.187. The molecule has 0 aromatic heterocycles. The summed E-state index contributed by atoms with van der Waals surface area (Å²) in [5.41, 5.74) is 5.29. The number of aryl methyl sites for hydroxylation is 1. The van der Waals surface area contributed by atoms with Gasteiger partial charge in [-0.1, -0.05) is 30.3 Å². The zero-order chi connectivity index (χ0) is 10.8. The Bertz CT molecular complexity index is 256. The van der Waals surface area contributed by atoms with Gasteiger partial charge in [0, 0.05) is 0 Å². The van der Waals surface area contributed by atoms with Crippen molar-refractivity contribution in [3.63, 3.8) is 0 Å². The van der Waals surface area contributed by atoms with Gasteiger partial charge in [0.1, 0.15) is 6.09 Å². The van der Waals surface area contributed by atoms with Crippen molar-refractivity contribution in [3.05, 3.63) is 35.9 Å². The third kappa shape index (κ3) is 13.8. The number of amides is 1. The number of primary amides is 1. The summed E-state index contributed by atoms with van der Waals surface area (Å²) in [5, 5.41) is 8.67. The van der Waals surface area contributed by atoms with Crippen LogP contribution >= 0.6 is 10.8 Å². The summed E-state index contributed by atoms with van der Waals surface area (Å²) in [6.07, 6.45) is -0.491. The Kier molecular flexibility index (Phi) is 13.6. The van der Waals surface area contributed by atoms with Crippen LogP contribution in [0.2, 0.25) is 0 Å². The van der Waals surface area contributed by atoms with Crippen LogP contribution in [0, 0.1) is 0 Å². The van der Waals surface area contributed by atoms with Crippen molar-refractivity contribution < 1.29 is 29.4 Å². The molecule has 15 heavy (non-hydrogen) atoms. The van der Waals surface area contributed by atoms with Gasteiger partial charge in [-0.3, -0.25) is 0 Å². The van der Waals surface area contributed by atoms with E-state index in [-0.39, 0.29) is 19.5 Å². The number of carbonyl (C=O) groups excluding carboxylic acids is 1. The summed E-state index contributed by atoms with van der Waals surface area (Å²) in [4.78, 5) is 8.67. The number of benzene rings is 1. The first-order valence-electron chi connectivity index (χ1n) is 3.92. The molecule has 0 fully saturated rings. The molecule has 0 aliphatic carbocycles. The first kappa shape index (κ1) is 17.2. The Labute approximate surface area is 111 Å². The van der Waals surface area contributed by atoms with E-state index in [1.165, 1.54) is 16.4 Å². The molecule has 0 radical (unpaired) electrons. The Balaban J connectivity index is 0. The van der Waals surface area contributed by atoms with E-state index in [0.29, 0.717) is 0 Å². The van der Waals surface area contributed by atoms with Gasteiger partial charge in [-0.15, -0.1) is 0 Å². The fourth-order valence-electron chi connectivity index (χ4n) is 0.804. The van der Waals surface area contributed by atoms with Crippen LogP contribution in [0.1, 0.15) is 5.56 Å². The number of nitrogens with two attached hydrogens (primary N) is 1. The quantitative estimate of drug-likeness (QED) is 0.506. The number of hydrogen-bond donors (Lipinski definition) is 1. The predicted molar refractivity (Wildman–Crippen MR) is 59.6 cm³/mol. The normalized spacial score (nSPS) is 8.07. The predicted octanol–water partition coefficient (Wildman–Crippen LogP) is 0.710. The second kappa shape index (κ2) is 11.9. The monoisotopic (exact) mass is 293 g/mol. The van der Waals surface area contributed by atoms with Gasteiger partial charge in [0.25, 0.3) is 0 Å². The van der Waals surface area contributed by atoms with Crippen LogP contribution in [0.4, 0.5) is 4.79 Å². The molecule has 0 saturated heterocycles. The van der Waals surface area contributed by atoms with Gasteiger partial charge < -0.3 is 38.1 Å². The van der Waals surface area contributed by atoms with Crippen LogP contribution in [-0.2, 0) is 37.6 Å². The number of rotatable bonds is 3. The van der Waals surface area contributed by atoms with E-state index in [0.717, 1.165) is 12.2 Å². The first-order valence-corrected chi connectivity index (χ1v) is 5.83. The van der Waals surface area contributed by atoms with E-state index < -0.39 is 6.09 Å². The summed E-state index contributed by atoms with van der Waals surface area (Å²) in [5.74, 6) is 1.04. The molecule has 1 amide bonds. The zero-order valence-corrected chi connectivity index (χ0v) is 12.8. The van der Waals surface area contributed by atoms with Crippen molar-refractivity contribution in [2.45, 2.75) is 6.42 Å². The van der Waals surface area contributed by atoms with E-state index in [1.807, 2.05) is 6.07 Å². The third-order valence-corrected chi connectivity index (χ3v) is 2.19. The third-order valence-electron chi connectivity index (χ3n) is 1.32. The van der Waals surface area contributed by atoms with Crippen molar-refractivity contribution in [2.24, 2.45) is 5.73 Å². The maximum absolute atomic E-state index is 8.67. The second-order valence-electron chi connectivity index (χ2n) is 2.38. The van der Waals surface area contributed by atoms with Crippen molar-refractivity contribution >= 4 is 28.5 Å². The Morgan fingerprint density at radius 2 is 1.87 bits per heavy atom. The number of carboxylic acid groups (broad SMARTS) is 1. The van der Waals surface area contributed by atoms with Gasteiger partial charge >= 0.3 is 19.5 Å². The van der Waals surface area contributed by atoms with E-state index in [1.54, 1.807) is 0 Å². The Morgan fingerprint density at radius 3 is 2.27 bits per heavy atom. The number of carbonyl (C=O) groups is 1. The maximum Gasteiger partial charge on any atom is 2.00 e. The second-order valence-corrected chi connectivity index (χ2v) is 3.73. The van der Waals surface area contributed by atoms with Crippen molar-refractivity contribution in [1.82, 2.24) is 0 Å². The summed E-state index contributed by atoms with van der Waals surface area (Å²) in [6.45, 7) is 0. The molecule has 0 atom stereocenters. The molecule has 0 bridgehead atoms. The fraction of sp³-hybridized carbons (Fsp3) is 0.222. The van der Waals surface area contributed by atoms with Crippen molar-refractivity contribution in [2.75, 3.05) is 5.75 Å².